The lowest BCUT2D eigenvalue weighted by Crippen LogP contribution is -2.17. The van der Waals surface area contributed by atoms with E-state index in [-0.39, 0.29) is 17.1 Å². The van der Waals surface area contributed by atoms with E-state index in [9.17, 15) is 9.59 Å². The van der Waals surface area contributed by atoms with Crippen molar-refractivity contribution in [2.75, 3.05) is 28.4 Å². The molecule has 1 aromatic heterocycles. The second-order valence-corrected chi connectivity index (χ2v) is 7.72. The van der Waals surface area contributed by atoms with Crippen LogP contribution in [0.3, 0.4) is 0 Å². The predicted molar refractivity (Wildman–Crippen MR) is 131 cm³/mol. The molecule has 0 spiro atoms. The molecule has 0 saturated heterocycles. The first-order chi connectivity index (χ1) is 16.9. The van der Waals surface area contributed by atoms with Gasteiger partial charge in [-0.3, -0.25) is 9.78 Å². The summed E-state index contributed by atoms with van der Waals surface area (Å²) in [4.78, 5) is 28.9. The van der Waals surface area contributed by atoms with Gasteiger partial charge < -0.3 is 23.7 Å². The van der Waals surface area contributed by atoms with E-state index in [1.807, 2.05) is 0 Å². The molecule has 1 heterocycles. The monoisotopic (exact) mass is 543 g/mol. The van der Waals surface area contributed by atoms with Crippen LogP contribution in [0.4, 0.5) is 0 Å². The molecule has 0 unspecified atom stereocenters. The molecular formula is C24H22BrN3O7. The molecule has 3 rings (SSSR count). The van der Waals surface area contributed by atoms with Gasteiger partial charge in [-0.25, -0.2) is 10.2 Å². The van der Waals surface area contributed by atoms with Gasteiger partial charge in [-0.1, -0.05) is 0 Å². The van der Waals surface area contributed by atoms with Gasteiger partial charge in [0, 0.05) is 16.9 Å². The lowest BCUT2D eigenvalue weighted by Gasteiger charge is -2.14. The third-order valence-electron chi connectivity index (χ3n) is 4.64. The summed E-state index contributed by atoms with van der Waals surface area (Å²) in [5.74, 6) is 0.397. The Morgan fingerprint density at radius 1 is 0.857 bits per heavy atom. The Morgan fingerprint density at radius 3 is 2.14 bits per heavy atom. The van der Waals surface area contributed by atoms with Crippen molar-refractivity contribution in [3.8, 4) is 28.7 Å². The van der Waals surface area contributed by atoms with E-state index in [4.69, 9.17) is 23.7 Å². The van der Waals surface area contributed by atoms with E-state index in [1.54, 1.807) is 30.5 Å². The Labute approximate surface area is 209 Å². The first-order valence-electron chi connectivity index (χ1n) is 10.0. The maximum Gasteiger partial charge on any atom is 0.343 e. The first kappa shape index (κ1) is 25.5. The third kappa shape index (κ3) is 6.27. The highest BCUT2D eigenvalue weighted by Crippen LogP contribution is 2.38. The summed E-state index contributed by atoms with van der Waals surface area (Å²) in [6, 6.07) is 9.40. The first-order valence-corrected chi connectivity index (χ1v) is 10.8. The van der Waals surface area contributed by atoms with Crippen LogP contribution in [0.1, 0.15) is 26.3 Å². The van der Waals surface area contributed by atoms with Crippen LogP contribution in [0.5, 0.6) is 28.7 Å². The van der Waals surface area contributed by atoms with Gasteiger partial charge in [-0.05, 0) is 57.9 Å². The molecule has 35 heavy (non-hydrogen) atoms. The van der Waals surface area contributed by atoms with Crippen LogP contribution in [0.15, 0.2) is 58.4 Å². The lowest BCUT2D eigenvalue weighted by molar-refractivity contribution is 0.0728. The number of nitrogens with zero attached hydrogens (tertiary/aromatic N) is 2. The number of amides is 1. The highest BCUT2D eigenvalue weighted by molar-refractivity contribution is 9.10. The van der Waals surface area contributed by atoms with Gasteiger partial charge in [0.05, 0.1) is 45.8 Å². The molecule has 2 aromatic carbocycles. The average Bonchev–Trinajstić information content (AvgIpc) is 2.88. The number of hydrazone groups is 1. The number of methoxy groups -OCH3 is 4. The largest absolute Gasteiger partial charge is 0.493 e. The van der Waals surface area contributed by atoms with Crippen LogP contribution < -0.4 is 29.1 Å². The zero-order chi connectivity index (χ0) is 25.4. The summed E-state index contributed by atoms with van der Waals surface area (Å²) >= 11 is 3.26. The smallest absolute Gasteiger partial charge is 0.343 e. The van der Waals surface area contributed by atoms with Crippen molar-refractivity contribution in [3.05, 3.63) is 70.0 Å². The standard InChI is InChI=1S/C24H22BrN3O7/c1-31-19-7-14(11-27-28-23(29)16-8-17(25)13-26-12-16)5-6-18(19)35-24(30)15-9-20(32-2)22(34-4)21(10-15)33-3/h5-13H,1-4H3,(H,28,29). The zero-order valence-corrected chi connectivity index (χ0v) is 20.9. The summed E-state index contributed by atoms with van der Waals surface area (Å²) < 4.78 is 27.4. The number of carbonyl (C=O) groups excluding carboxylic acids is 2. The van der Waals surface area contributed by atoms with Gasteiger partial charge in [-0.15, -0.1) is 0 Å². The molecule has 0 saturated carbocycles. The molecule has 0 fully saturated rings. The minimum Gasteiger partial charge on any atom is -0.493 e. The van der Waals surface area contributed by atoms with Crippen molar-refractivity contribution in [1.82, 2.24) is 10.4 Å². The van der Waals surface area contributed by atoms with Crippen LogP contribution in [-0.2, 0) is 0 Å². The number of pyridine rings is 1. The van der Waals surface area contributed by atoms with Gasteiger partial charge in [0.1, 0.15) is 0 Å². The van der Waals surface area contributed by atoms with Crippen molar-refractivity contribution in [2.24, 2.45) is 5.10 Å². The maximum atomic E-state index is 12.8. The lowest BCUT2D eigenvalue weighted by atomic mass is 10.1. The van der Waals surface area contributed by atoms with E-state index in [1.165, 1.54) is 53.0 Å². The molecule has 182 valence electrons. The molecule has 3 aromatic rings. The predicted octanol–water partition coefficient (Wildman–Crippen LogP) is 3.86. The number of halogens is 1. The number of hydrogen-bond donors (Lipinski definition) is 1. The Balaban J connectivity index is 1.74. The van der Waals surface area contributed by atoms with Crippen molar-refractivity contribution < 1.29 is 33.3 Å². The summed E-state index contributed by atoms with van der Waals surface area (Å²) in [5.41, 5.74) is 3.56. The second kappa shape index (κ2) is 11.8. The normalized spacial score (nSPS) is 10.5. The fourth-order valence-corrected chi connectivity index (χ4v) is 3.34. The van der Waals surface area contributed by atoms with Gasteiger partial charge in [0.25, 0.3) is 5.91 Å². The Bertz CT molecular complexity index is 1240. The summed E-state index contributed by atoms with van der Waals surface area (Å²) in [6.07, 6.45) is 4.43. The molecule has 0 aliphatic carbocycles. The molecular weight excluding hydrogens is 522 g/mol. The molecule has 0 bridgehead atoms. The summed E-state index contributed by atoms with van der Waals surface area (Å²) in [6.45, 7) is 0. The maximum absolute atomic E-state index is 12.8. The van der Waals surface area contributed by atoms with Crippen LogP contribution in [0.2, 0.25) is 0 Å². The Morgan fingerprint density at radius 2 is 1.54 bits per heavy atom. The number of benzene rings is 2. The van der Waals surface area contributed by atoms with E-state index in [0.29, 0.717) is 32.8 Å². The van der Waals surface area contributed by atoms with Crippen molar-refractivity contribution in [2.45, 2.75) is 0 Å². The van der Waals surface area contributed by atoms with Gasteiger partial charge in [-0.2, -0.15) is 5.10 Å². The second-order valence-electron chi connectivity index (χ2n) is 6.80. The fourth-order valence-electron chi connectivity index (χ4n) is 2.97. The van der Waals surface area contributed by atoms with Gasteiger partial charge in [0.15, 0.2) is 23.0 Å². The molecule has 10 nitrogen and oxygen atoms in total. The minimum atomic E-state index is -0.654. The number of rotatable bonds is 9. The number of esters is 1. The van der Waals surface area contributed by atoms with E-state index in [0.717, 1.165) is 0 Å². The molecule has 0 aliphatic rings. The highest BCUT2D eigenvalue weighted by Gasteiger charge is 2.19. The van der Waals surface area contributed by atoms with E-state index >= 15 is 0 Å². The van der Waals surface area contributed by atoms with Crippen LogP contribution in [0.25, 0.3) is 0 Å². The Hall–Kier alpha value is -4.12. The zero-order valence-electron chi connectivity index (χ0n) is 19.3. The topological polar surface area (TPSA) is 118 Å². The summed E-state index contributed by atoms with van der Waals surface area (Å²) in [5, 5.41) is 3.95. The van der Waals surface area contributed by atoms with Crippen LogP contribution in [0, 0.1) is 0 Å². The fraction of sp³-hybridized carbons (Fsp3) is 0.167. The molecule has 11 heteroatoms. The van der Waals surface area contributed by atoms with Gasteiger partial charge in [0.2, 0.25) is 5.75 Å². The quantitative estimate of drug-likeness (QED) is 0.187. The SMILES string of the molecule is COc1cc(C=NNC(=O)c2cncc(Br)c2)ccc1OC(=O)c1cc(OC)c(OC)c(OC)c1. The number of carbonyl (C=O) groups is 2. The van der Waals surface area contributed by atoms with Crippen LogP contribution >= 0.6 is 15.9 Å². The van der Waals surface area contributed by atoms with Crippen LogP contribution in [-0.4, -0.2) is 51.5 Å². The minimum absolute atomic E-state index is 0.188. The molecule has 0 atom stereocenters. The van der Waals surface area contributed by atoms with Crippen molar-refractivity contribution in [1.29, 1.82) is 0 Å². The average molecular weight is 544 g/mol. The highest BCUT2D eigenvalue weighted by atomic mass is 79.9. The van der Waals surface area contributed by atoms with Crippen molar-refractivity contribution in [3.63, 3.8) is 0 Å². The third-order valence-corrected chi connectivity index (χ3v) is 5.07. The van der Waals surface area contributed by atoms with Gasteiger partial charge >= 0.3 is 5.97 Å². The van der Waals surface area contributed by atoms with Crippen molar-refractivity contribution >= 4 is 34.0 Å². The number of ether oxygens (including phenoxy) is 5. The van der Waals surface area contributed by atoms with E-state index < -0.39 is 11.9 Å². The molecule has 0 radical (unpaired) electrons. The number of hydrogen-bond acceptors (Lipinski definition) is 9. The summed E-state index contributed by atoms with van der Waals surface area (Å²) in [7, 11) is 5.81. The molecule has 0 aliphatic heterocycles. The number of aromatic nitrogens is 1. The molecule has 1 N–H and O–H groups in total. The number of nitrogens with one attached hydrogen (secondary N) is 1. The van der Waals surface area contributed by atoms with E-state index in [2.05, 4.69) is 31.4 Å². The molecule has 1 amide bonds. The Kier molecular flexibility index (Phi) is 8.63.